The van der Waals surface area contributed by atoms with Crippen molar-refractivity contribution in [3.63, 3.8) is 0 Å². The van der Waals surface area contributed by atoms with E-state index in [-0.39, 0.29) is 6.20 Å². The smallest absolute Gasteiger partial charge is 0.443 e. The van der Waals surface area contributed by atoms with E-state index in [9.17, 15) is 26.7 Å². The van der Waals surface area contributed by atoms with E-state index in [1.807, 2.05) is 0 Å². The number of carbonyl (C=O) groups is 1. The van der Waals surface area contributed by atoms with E-state index in [0.29, 0.717) is 0 Å². The van der Waals surface area contributed by atoms with Crippen LogP contribution in [0.4, 0.5) is 22.0 Å². The summed E-state index contributed by atoms with van der Waals surface area (Å²) in [6.07, 6.45) is -4.64. The maximum atomic E-state index is 12.7. The molecule has 1 heterocycles. The van der Waals surface area contributed by atoms with E-state index < -0.39 is 39.3 Å². The number of thiazole rings is 1. The van der Waals surface area contributed by atoms with Gasteiger partial charge in [-0.2, -0.15) is 22.0 Å². The van der Waals surface area contributed by atoms with Gasteiger partial charge in [0.05, 0.1) is 0 Å². The second kappa shape index (κ2) is 3.40. The van der Waals surface area contributed by atoms with Crippen molar-refractivity contribution in [2.75, 3.05) is 0 Å². The number of aromatic nitrogens is 1. The Labute approximate surface area is 83.2 Å². The zero-order chi connectivity index (χ0) is 11.9. The number of alkyl halides is 5. The van der Waals surface area contributed by atoms with Gasteiger partial charge in [-0.3, -0.25) is 0 Å². The fraction of sp³-hybridized carbons (Fsp3) is 0.333. The molecule has 0 aliphatic heterocycles. The van der Waals surface area contributed by atoms with Gasteiger partial charge >= 0.3 is 18.1 Å². The van der Waals surface area contributed by atoms with Crippen LogP contribution in [0.25, 0.3) is 0 Å². The first-order valence-corrected chi connectivity index (χ1v) is 4.12. The predicted molar refractivity (Wildman–Crippen MR) is 38.6 cm³/mol. The minimum Gasteiger partial charge on any atom is -0.477 e. The number of halogens is 5. The summed E-state index contributed by atoms with van der Waals surface area (Å²) in [7, 11) is 0. The molecule has 1 rings (SSSR count). The Balaban J connectivity index is 3.10. The van der Waals surface area contributed by atoms with Gasteiger partial charge in [0.15, 0.2) is 5.01 Å². The highest BCUT2D eigenvalue weighted by molar-refractivity contribution is 7.12. The van der Waals surface area contributed by atoms with Gasteiger partial charge in [-0.05, 0) is 0 Å². The van der Waals surface area contributed by atoms with E-state index in [4.69, 9.17) is 5.11 Å². The van der Waals surface area contributed by atoms with Gasteiger partial charge < -0.3 is 5.11 Å². The predicted octanol–water partition coefficient (Wildman–Crippen LogP) is 2.34. The minimum absolute atomic E-state index is 0.210. The average molecular weight is 247 g/mol. The first kappa shape index (κ1) is 11.8. The molecule has 0 bridgehead atoms. The Kier molecular flexibility index (Phi) is 2.68. The highest BCUT2D eigenvalue weighted by atomic mass is 32.1. The fourth-order valence-electron chi connectivity index (χ4n) is 0.656. The number of carboxylic acids is 1. The summed E-state index contributed by atoms with van der Waals surface area (Å²) < 4.78 is 61.2. The summed E-state index contributed by atoms with van der Waals surface area (Å²) in [5.41, 5.74) is 0. The minimum atomic E-state index is -4.85. The molecule has 0 atom stereocenters. The van der Waals surface area contributed by atoms with Crippen molar-refractivity contribution in [3.05, 3.63) is 16.1 Å². The molecule has 1 aromatic rings. The summed E-state index contributed by atoms with van der Waals surface area (Å²) in [6, 6.07) is 0. The first-order valence-electron chi connectivity index (χ1n) is 3.30. The van der Waals surface area contributed by atoms with Crippen LogP contribution in [-0.2, 0) is 16.9 Å². The maximum absolute atomic E-state index is 12.7. The molecule has 0 radical (unpaired) electrons. The fourth-order valence-corrected chi connectivity index (χ4v) is 1.41. The van der Waals surface area contributed by atoms with E-state index in [1.165, 1.54) is 0 Å². The molecule has 0 unspecified atom stereocenters. The molecule has 0 amide bonds. The normalized spacial score (nSPS) is 12.9. The lowest BCUT2D eigenvalue weighted by Crippen LogP contribution is -2.23. The molecule has 0 saturated heterocycles. The number of hydrogen-bond acceptors (Lipinski definition) is 3. The van der Waals surface area contributed by atoms with Gasteiger partial charge in [-0.1, -0.05) is 0 Å². The van der Waals surface area contributed by atoms with Crippen molar-refractivity contribution in [3.8, 4) is 0 Å². The number of hydrogen-bond donors (Lipinski definition) is 1. The van der Waals surface area contributed by atoms with Crippen molar-refractivity contribution in [1.82, 2.24) is 4.98 Å². The molecule has 0 aliphatic rings. The Morgan fingerprint density at radius 2 is 1.87 bits per heavy atom. The Hall–Kier alpha value is -1.25. The molecule has 0 aliphatic carbocycles. The van der Waals surface area contributed by atoms with E-state index >= 15 is 0 Å². The third kappa shape index (κ3) is 2.22. The lowest BCUT2D eigenvalue weighted by atomic mass is 10.3. The zero-order valence-electron chi connectivity index (χ0n) is 6.68. The molecule has 0 saturated carbocycles. The van der Waals surface area contributed by atoms with Gasteiger partial charge in [0.1, 0.15) is 4.88 Å². The van der Waals surface area contributed by atoms with Crippen LogP contribution in [0.15, 0.2) is 6.20 Å². The Bertz CT molecular complexity index is 385. The lowest BCUT2D eigenvalue weighted by Gasteiger charge is -2.06. The van der Waals surface area contributed by atoms with Gasteiger partial charge in [0.25, 0.3) is 0 Å². The monoisotopic (exact) mass is 247 g/mol. The maximum Gasteiger partial charge on any atom is 0.443 e. The molecule has 0 spiro atoms. The van der Waals surface area contributed by atoms with Crippen molar-refractivity contribution >= 4 is 17.3 Å². The molecule has 3 nitrogen and oxygen atoms in total. The number of carboxylic acid groups (broad SMARTS) is 1. The molecule has 1 N–H and O–H groups in total. The third-order valence-electron chi connectivity index (χ3n) is 1.33. The molecular formula is C6H2F5NO2S. The number of nitrogens with zero attached hydrogens (tertiary/aromatic N) is 1. The van der Waals surface area contributed by atoms with Crippen LogP contribution in [0.1, 0.15) is 9.88 Å². The van der Waals surface area contributed by atoms with Crippen LogP contribution in [0.2, 0.25) is 0 Å². The van der Waals surface area contributed by atoms with Crippen LogP contribution in [0.3, 0.4) is 0 Å². The van der Waals surface area contributed by atoms with Gasteiger partial charge in [0.2, 0.25) is 0 Å². The second-order valence-electron chi connectivity index (χ2n) is 2.41. The molecule has 1 aromatic heterocycles. The third-order valence-corrected chi connectivity index (χ3v) is 2.44. The molecule has 0 aromatic carbocycles. The molecular weight excluding hydrogens is 245 g/mol. The van der Waals surface area contributed by atoms with Crippen LogP contribution >= 0.6 is 11.3 Å². The van der Waals surface area contributed by atoms with Crippen LogP contribution < -0.4 is 0 Å². The Morgan fingerprint density at radius 3 is 2.20 bits per heavy atom. The van der Waals surface area contributed by atoms with Crippen molar-refractivity contribution in [2.24, 2.45) is 0 Å². The van der Waals surface area contributed by atoms with Gasteiger partial charge in [0, 0.05) is 6.20 Å². The first-order chi connectivity index (χ1) is 6.65. The average Bonchev–Trinajstić information content (AvgIpc) is 2.50. The second-order valence-corrected chi connectivity index (χ2v) is 3.44. The van der Waals surface area contributed by atoms with Gasteiger partial charge in [-0.25, -0.2) is 9.78 Å². The quantitative estimate of drug-likeness (QED) is 0.816. The standard InChI is InChI=1S/C6H2F5NO2S/c7-5(8,4(13)14)2-1-12-3(15-2)6(9,10)11/h1H,(H,13,14). The molecule has 0 fully saturated rings. The highest BCUT2D eigenvalue weighted by Gasteiger charge is 2.45. The summed E-state index contributed by atoms with van der Waals surface area (Å²) in [4.78, 5) is 11.5. The number of aliphatic carboxylic acids is 1. The largest absolute Gasteiger partial charge is 0.477 e. The van der Waals surface area contributed by atoms with E-state index in [1.54, 1.807) is 0 Å². The van der Waals surface area contributed by atoms with Crippen LogP contribution in [-0.4, -0.2) is 16.1 Å². The topological polar surface area (TPSA) is 50.2 Å². The summed E-state index contributed by atoms with van der Waals surface area (Å²) in [5.74, 6) is -6.86. The van der Waals surface area contributed by atoms with Crippen LogP contribution in [0.5, 0.6) is 0 Å². The lowest BCUT2D eigenvalue weighted by molar-refractivity contribution is -0.165. The molecule has 84 valence electrons. The van der Waals surface area contributed by atoms with Crippen molar-refractivity contribution in [2.45, 2.75) is 12.1 Å². The summed E-state index contributed by atoms with van der Waals surface area (Å²) >= 11 is -0.392. The highest BCUT2D eigenvalue weighted by Crippen LogP contribution is 2.38. The molecule has 15 heavy (non-hydrogen) atoms. The summed E-state index contributed by atoms with van der Waals surface area (Å²) in [6.45, 7) is 0. The van der Waals surface area contributed by atoms with E-state index in [0.717, 1.165) is 0 Å². The van der Waals surface area contributed by atoms with Crippen molar-refractivity contribution < 1.29 is 31.9 Å². The SMILES string of the molecule is O=C(O)C(F)(F)c1cnc(C(F)(F)F)s1. The molecule has 9 heteroatoms. The van der Waals surface area contributed by atoms with E-state index in [2.05, 4.69) is 4.98 Å². The van der Waals surface area contributed by atoms with Crippen LogP contribution in [0, 0.1) is 0 Å². The zero-order valence-corrected chi connectivity index (χ0v) is 7.49. The van der Waals surface area contributed by atoms with Gasteiger partial charge in [-0.15, -0.1) is 11.3 Å². The number of rotatable bonds is 2. The van der Waals surface area contributed by atoms with Crippen molar-refractivity contribution in [1.29, 1.82) is 0 Å². The summed E-state index contributed by atoms with van der Waals surface area (Å²) in [5, 5.41) is 6.55. The Morgan fingerprint density at radius 1 is 1.33 bits per heavy atom.